The molecule has 2 atom stereocenters. The van der Waals surface area contributed by atoms with Crippen molar-refractivity contribution in [3.8, 4) is 0 Å². The van der Waals surface area contributed by atoms with Gasteiger partial charge in [0.1, 0.15) is 17.9 Å². The zero-order chi connectivity index (χ0) is 17.2. The predicted molar refractivity (Wildman–Crippen MR) is 91.6 cm³/mol. The summed E-state index contributed by atoms with van der Waals surface area (Å²) in [7, 11) is 0. The monoisotopic (exact) mass is 342 g/mol. The van der Waals surface area contributed by atoms with Crippen molar-refractivity contribution in [1.29, 1.82) is 0 Å². The summed E-state index contributed by atoms with van der Waals surface area (Å²) in [5.41, 5.74) is 1.13. The van der Waals surface area contributed by atoms with Crippen molar-refractivity contribution in [2.75, 3.05) is 18.5 Å². The SMILES string of the molecule is Cc1oc2ncnc(NC3(C)CC3)c2c1C(=O)N1CCC2OCCC21. The van der Waals surface area contributed by atoms with Crippen LogP contribution in [0, 0.1) is 6.92 Å². The van der Waals surface area contributed by atoms with E-state index in [0.717, 1.165) is 38.8 Å². The van der Waals surface area contributed by atoms with E-state index in [9.17, 15) is 4.79 Å². The number of hydrogen-bond acceptors (Lipinski definition) is 6. The smallest absolute Gasteiger partial charge is 0.258 e. The number of likely N-dealkylation sites (tertiary alicyclic amines) is 1. The highest BCUT2D eigenvalue weighted by Crippen LogP contribution is 2.41. The lowest BCUT2D eigenvalue weighted by Crippen LogP contribution is -2.37. The van der Waals surface area contributed by atoms with Crippen LogP contribution in [0.4, 0.5) is 5.82 Å². The van der Waals surface area contributed by atoms with E-state index in [1.165, 1.54) is 6.33 Å². The minimum absolute atomic E-state index is 0.00745. The van der Waals surface area contributed by atoms with Crippen LogP contribution in [0.2, 0.25) is 0 Å². The minimum atomic E-state index is 0.00745. The van der Waals surface area contributed by atoms with Crippen LogP contribution >= 0.6 is 0 Å². The van der Waals surface area contributed by atoms with E-state index in [-0.39, 0.29) is 23.6 Å². The number of rotatable bonds is 3. The van der Waals surface area contributed by atoms with Crippen molar-refractivity contribution in [2.24, 2.45) is 0 Å². The van der Waals surface area contributed by atoms with Gasteiger partial charge >= 0.3 is 0 Å². The van der Waals surface area contributed by atoms with E-state index < -0.39 is 0 Å². The Kier molecular flexibility index (Phi) is 3.13. The summed E-state index contributed by atoms with van der Waals surface area (Å²) < 4.78 is 11.5. The fourth-order valence-corrected chi connectivity index (χ4v) is 4.09. The Morgan fingerprint density at radius 3 is 3.00 bits per heavy atom. The summed E-state index contributed by atoms with van der Waals surface area (Å²) in [6.45, 7) is 5.46. The Morgan fingerprint density at radius 1 is 1.36 bits per heavy atom. The van der Waals surface area contributed by atoms with Gasteiger partial charge in [-0.1, -0.05) is 0 Å². The number of carbonyl (C=O) groups is 1. The number of amides is 1. The van der Waals surface area contributed by atoms with Crippen molar-refractivity contribution in [3.63, 3.8) is 0 Å². The number of carbonyl (C=O) groups excluding carboxylic acids is 1. The fraction of sp³-hybridized carbons (Fsp3) is 0.611. The zero-order valence-corrected chi connectivity index (χ0v) is 14.5. The zero-order valence-electron chi connectivity index (χ0n) is 14.5. The maximum atomic E-state index is 13.3. The number of nitrogens with one attached hydrogen (secondary N) is 1. The molecule has 3 aliphatic rings. The highest BCUT2D eigenvalue weighted by Gasteiger charge is 2.43. The van der Waals surface area contributed by atoms with Gasteiger partial charge in [-0.15, -0.1) is 0 Å². The molecule has 4 heterocycles. The summed E-state index contributed by atoms with van der Waals surface area (Å²) in [4.78, 5) is 23.9. The molecular weight excluding hydrogens is 320 g/mol. The second kappa shape index (κ2) is 5.17. The summed E-state index contributed by atoms with van der Waals surface area (Å²) in [5, 5.41) is 4.18. The van der Waals surface area contributed by atoms with Gasteiger partial charge in [-0.05, 0) is 39.5 Å². The predicted octanol–water partition coefficient (Wildman–Crippen LogP) is 2.50. The van der Waals surface area contributed by atoms with Gasteiger partial charge in [-0.2, -0.15) is 0 Å². The average molecular weight is 342 g/mol. The lowest BCUT2D eigenvalue weighted by atomic mass is 10.1. The third-order valence-electron chi connectivity index (χ3n) is 5.79. The molecule has 3 fully saturated rings. The van der Waals surface area contributed by atoms with Gasteiger partial charge in [-0.3, -0.25) is 4.79 Å². The molecule has 0 radical (unpaired) electrons. The molecule has 2 aromatic heterocycles. The summed E-state index contributed by atoms with van der Waals surface area (Å²) in [6.07, 6.45) is 5.69. The topological polar surface area (TPSA) is 80.5 Å². The number of aromatic nitrogens is 2. The number of anilines is 1. The van der Waals surface area contributed by atoms with Gasteiger partial charge in [-0.25, -0.2) is 9.97 Å². The largest absolute Gasteiger partial charge is 0.442 e. The van der Waals surface area contributed by atoms with E-state index in [1.54, 1.807) is 0 Å². The second-order valence-electron chi connectivity index (χ2n) is 7.67. The standard InChI is InChI=1S/C18H22N4O3/c1-10-13(17(23)22-7-3-12-11(22)4-8-24-12)14-15(21-18(2)5-6-18)19-9-20-16(14)25-10/h9,11-12H,3-8H2,1-2H3,(H,19,20,21). The molecule has 2 unspecified atom stereocenters. The van der Waals surface area contributed by atoms with E-state index >= 15 is 0 Å². The normalized spacial score (nSPS) is 26.9. The third kappa shape index (κ3) is 2.33. The van der Waals surface area contributed by atoms with Crippen LogP contribution in [0.15, 0.2) is 10.7 Å². The molecule has 1 N–H and O–H groups in total. The number of aryl methyl sites for hydroxylation is 1. The minimum Gasteiger partial charge on any atom is -0.442 e. The first-order chi connectivity index (χ1) is 12.1. The molecule has 7 heteroatoms. The number of hydrogen-bond donors (Lipinski definition) is 1. The Bertz CT molecular complexity index is 857. The molecule has 5 rings (SSSR count). The molecule has 1 saturated carbocycles. The molecule has 7 nitrogen and oxygen atoms in total. The van der Waals surface area contributed by atoms with Crippen molar-refractivity contribution in [1.82, 2.24) is 14.9 Å². The summed E-state index contributed by atoms with van der Waals surface area (Å²) in [6, 6.07) is 0.179. The molecule has 0 aromatic carbocycles. The van der Waals surface area contributed by atoms with Gasteiger partial charge in [0.25, 0.3) is 5.91 Å². The quantitative estimate of drug-likeness (QED) is 0.923. The first kappa shape index (κ1) is 15.1. The Morgan fingerprint density at radius 2 is 2.20 bits per heavy atom. The Balaban J connectivity index is 1.58. The van der Waals surface area contributed by atoms with E-state index in [2.05, 4.69) is 22.2 Å². The van der Waals surface area contributed by atoms with Crippen LogP contribution < -0.4 is 5.32 Å². The lowest BCUT2D eigenvalue weighted by Gasteiger charge is -2.23. The third-order valence-corrected chi connectivity index (χ3v) is 5.79. The molecule has 1 aliphatic carbocycles. The number of fused-ring (bicyclic) bond motifs is 2. The first-order valence-corrected chi connectivity index (χ1v) is 9.01. The van der Waals surface area contributed by atoms with Crippen LogP contribution in [-0.4, -0.2) is 51.6 Å². The highest BCUT2D eigenvalue weighted by atomic mass is 16.5. The van der Waals surface area contributed by atoms with Crippen LogP contribution in [0.1, 0.15) is 48.7 Å². The maximum Gasteiger partial charge on any atom is 0.258 e. The highest BCUT2D eigenvalue weighted by molar-refractivity contribution is 6.10. The molecule has 0 bridgehead atoms. The van der Waals surface area contributed by atoms with E-state index in [1.807, 2.05) is 11.8 Å². The molecule has 2 aromatic rings. The van der Waals surface area contributed by atoms with Crippen molar-refractivity contribution in [2.45, 2.75) is 57.2 Å². The van der Waals surface area contributed by atoms with E-state index in [4.69, 9.17) is 9.15 Å². The number of nitrogens with zero attached hydrogens (tertiary/aromatic N) is 3. The van der Waals surface area contributed by atoms with Crippen molar-refractivity contribution in [3.05, 3.63) is 17.7 Å². The molecular formula is C18H22N4O3. The van der Waals surface area contributed by atoms with Gasteiger partial charge in [0.05, 0.1) is 23.1 Å². The second-order valence-corrected chi connectivity index (χ2v) is 7.67. The molecule has 25 heavy (non-hydrogen) atoms. The summed E-state index contributed by atoms with van der Waals surface area (Å²) >= 11 is 0. The fourth-order valence-electron chi connectivity index (χ4n) is 4.09. The van der Waals surface area contributed by atoms with Gasteiger partial charge in [0.15, 0.2) is 0 Å². The molecule has 2 saturated heterocycles. The van der Waals surface area contributed by atoms with Gasteiger partial charge in [0.2, 0.25) is 5.71 Å². The maximum absolute atomic E-state index is 13.3. The Labute approximate surface area is 145 Å². The molecule has 2 aliphatic heterocycles. The molecule has 1 amide bonds. The van der Waals surface area contributed by atoms with Crippen LogP contribution in [-0.2, 0) is 4.74 Å². The van der Waals surface area contributed by atoms with Crippen LogP contribution in [0.3, 0.4) is 0 Å². The van der Waals surface area contributed by atoms with Gasteiger partial charge < -0.3 is 19.4 Å². The Hall–Kier alpha value is -2.15. The van der Waals surface area contributed by atoms with Crippen molar-refractivity contribution < 1.29 is 13.9 Å². The first-order valence-electron chi connectivity index (χ1n) is 9.01. The number of ether oxygens (including phenoxy) is 1. The molecule has 0 spiro atoms. The molecule has 132 valence electrons. The van der Waals surface area contributed by atoms with Crippen LogP contribution in [0.5, 0.6) is 0 Å². The van der Waals surface area contributed by atoms with Gasteiger partial charge in [0, 0.05) is 18.7 Å². The van der Waals surface area contributed by atoms with E-state index in [0.29, 0.717) is 28.2 Å². The van der Waals surface area contributed by atoms with Crippen LogP contribution in [0.25, 0.3) is 11.1 Å². The average Bonchev–Trinajstić information content (AvgIpc) is 2.96. The number of furan rings is 1. The van der Waals surface area contributed by atoms with Crippen molar-refractivity contribution >= 4 is 22.8 Å². The summed E-state index contributed by atoms with van der Waals surface area (Å²) in [5.74, 6) is 1.31. The lowest BCUT2D eigenvalue weighted by molar-refractivity contribution is 0.0700.